The summed E-state index contributed by atoms with van der Waals surface area (Å²) in [4.78, 5) is 8.62. The van der Waals surface area contributed by atoms with Crippen molar-refractivity contribution in [2.75, 3.05) is 0 Å². The van der Waals surface area contributed by atoms with Crippen LogP contribution in [-0.4, -0.2) is 19.7 Å². The minimum Gasteiger partial charge on any atom is -0.325 e. The molecule has 0 amide bonds. The molecular formula is C9H13N5S. The Balaban J connectivity index is 2.17. The molecule has 0 aliphatic rings. The SMILES string of the molecule is Cc1nc(C)n(Cc2csc(CN)n2)n1. The number of rotatable bonds is 3. The van der Waals surface area contributed by atoms with Gasteiger partial charge in [0.05, 0.1) is 12.2 Å². The third kappa shape index (κ3) is 2.21. The van der Waals surface area contributed by atoms with Crippen LogP contribution in [-0.2, 0) is 13.1 Å². The first kappa shape index (κ1) is 10.3. The largest absolute Gasteiger partial charge is 0.325 e. The Kier molecular flexibility index (Phi) is 2.79. The molecule has 2 aromatic rings. The van der Waals surface area contributed by atoms with Gasteiger partial charge in [-0.1, -0.05) is 0 Å². The minimum atomic E-state index is 0.500. The zero-order valence-corrected chi connectivity index (χ0v) is 9.58. The van der Waals surface area contributed by atoms with Gasteiger partial charge >= 0.3 is 0 Å². The van der Waals surface area contributed by atoms with Crippen molar-refractivity contribution < 1.29 is 0 Å². The molecule has 2 heterocycles. The summed E-state index contributed by atoms with van der Waals surface area (Å²) >= 11 is 1.58. The van der Waals surface area contributed by atoms with Crippen LogP contribution in [0.2, 0.25) is 0 Å². The van der Waals surface area contributed by atoms with Crippen molar-refractivity contribution in [2.45, 2.75) is 26.9 Å². The standard InChI is InChI=1S/C9H13N5S/c1-6-11-7(2)14(13-6)4-8-5-15-9(3-10)12-8/h5H,3-4,10H2,1-2H3. The van der Waals surface area contributed by atoms with Crippen LogP contribution in [0.15, 0.2) is 5.38 Å². The van der Waals surface area contributed by atoms with E-state index in [1.165, 1.54) is 0 Å². The van der Waals surface area contributed by atoms with Gasteiger partial charge in [-0.3, -0.25) is 0 Å². The van der Waals surface area contributed by atoms with Crippen LogP contribution >= 0.6 is 11.3 Å². The quantitative estimate of drug-likeness (QED) is 0.837. The van der Waals surface area contributed by atoms with E-state index in [0.29, 0.717) is 13.1 Å². The topological polar surface area (TPSA) is 69.6 Å². The molecule has 0 unspecified atom stereocenters. The zero-order valence-electron chi connectivity index (χ0n) is 8.77. The molecule has 0 saturated heterocycles. The maximum atomic E-state index is 5.50. The third-order valence-corrected chi connectivity index (χ3v) is 2.97. The van der Waals surface area contributed by atoms with Crippen LogP contribution in [0.3, 0.4) is 0 Å². The van der Waals surface area contributed by atoms with Gasteiger partial charge in [-0.2, -0.15) is 5.10 Å². The monoisotopic (exact) mass is 223 g/mol. The van der Waals surface area contributed by atoms with Crippen LogP contribution < -0.4 is 5.73 Å². The average molecular weight is 223 g/mol. The molecule has 0 aliphatic carbocycles. The Hall–Kier alpha value is -1.27. The second kappa shape index (κ2) is 4.08. The average Bonchev–Trinajstić information content (AvgIpc) is 2.75. The molecule has 2 N–H and O–H groups in total. The molecule has 0 fully saturated rings. The summed E-state index contributed by atoms with van der Waals surface area (Å²) in [5.41, 5.74) is 6.50. The van der Waals surface area contributed by atoms with Crippen LogP contribution in [0.5, 0.6) is 0 Å². The molecule has 0 radical (unpaired) electrons. The lowest BCUT2D eigenvalue weighted by molar-refractivity contribution is 0.645. The molecule has 5 nitrogen and oxygen atoms in total. The van der Waals surface area contributed by atoms with Crippen LogP contribution in [0.1, 0.15) is 22.4 Å². The summed E-state index contributed by atoms with van der Waals surface area (Å²) in [5.74, 6) is 1.71. The Morgan fingerprint density at radius 2 is 2.20 bits per heavy atom. The van der Waals surface area contributed by atoms with E-state index < -0.39 is 0 Å². The van der Waals surface area contributed by atoms with Crippen LogP contribution in [0.4, 0.5) is 0 Å². The third-order valence-electron chi connectivity index (χ3n) is 2.05. The fourth-order valence-corrected chi connectivity index (χ4v) is 2.05. The highest BCUT2D eigenvalue weighted by molar-refractivity contribution is 7.09. The van der Waals surface area contributed by atoms with Crippen LogP contribution in [0, 0.1) is 13.8 Å². The van der Waals surface area contributed by atoms with E-state index >= 15 is 0 Å². The van der Waals surface area contributed by atoms with E-state index in [9.17, 15) is 0 Å². The molecule has 2 aromatic heterocycles. The molecule has 2 rings (SSSR count). The first-order valence-corrected chi connectivity index (χ1v) is 5.58. The number of nitrogens with zero attached hydrogens (tertiary/aromatic N) is 4. The summed E-state index contributed by atoms with van der Waals surface area (Å²) in [6.07, 6.45) is 0. The van der Waals surface area contributed by atoms with Crippen molar-refractivity contribution in [1.29, 1.82) is 0 Å². The molecule has 0 spiro atoms. The van der Waals surface area contributed by atoms with Gasteiger partial charge in [-0.05, 0) is 13.8 Å². The van der Waals surface area contributed by atoms with Gasteiger partial charge in [0.1, 0.15) is 16.7 Å². The number of hydrogen-bond acceptors (Lipinski definition) is 5. The molecule has 15 heavy (non-hydrogen) atoms. The number of nitrogens with two attached hydrogens (primary N) is 1. The lowest BCUT2D eigenvalue weighted by Crippen LogP contribution is -2.05. The molecule has 0 aliphatic heterocycles. The summed E-state index contributed by atoms with van der Waals surface area (Å²) in [5, 5.41) is 7.25. The Morgan fingerprint density at radius 1 is 1.40 bits per heavy atom. The Bertz CT molecular complexity index is 459. The van der Waals surface area contributed by atoms with Gasteiger partial charge in [-0.15, -0.1) is 11.3 Å². The highest BCUT2D eigenvalue weighted by Gasteiger charge is 2.06. The second-order valence-electron chi connectivity index (χ2n) is 3.30. The van der Waals surface area contributed by atoms with E-state index in [2.05, 4.69) is 15.1 Å². The zero-order chi connectivity index (χ0) is 10.8. The summed E-state index contributed by atoms with van der Waals surface area (Å²) in [7, 11) is 0. The number of thiazole rings is 1. The van der Waals surface area contributed by atoms with Crippen molar-refractivity contribution in [3.8, 4) is 0 Å². The number of hydrogen-bond donors (Lipinski definition) is 1. The highest BCUT2D eigenvalue weighted by Crippen LogP contribution is 2.10. The van der Waals surface area contributed by atoms with Gasteiger partial charge in [0.15, 0.2) is 0 Å². The van der Waals surface area contributed by atoms with Gasteiger partial charge in [-0.25, -0.2) is 14.6 Å². The second-order valence-corrected chi connectivity index (χ2v) is 4.24. The lowest BCUT2D eigenvalue weighted by Gasteiger charge is -1.98. The minimum absolute atomic E-state index is 0.500. The number of aryl methyl sites for hydroxylation is 2. The molecule has 6 heteroatoms. The fourth-order valence-electron chi connectivity index (χ4n) is 1.38. The Morgan fingerprint density at radius 3 is 2.73 bits per heavy atom. The summed E-state index contributed by atoms with van der Waals surface area (Å²) in [6, 6.07) is 0. The maximum absolute atomic E-state index is 5.50. The fraction of sp³-hybridized carbons (Fsp3) is 0.444. The van der Waals surface area contributed by atoms with Crippen molar-refractivity contribution in [3.05, 3.63) is 27.7 Å². The predicted octanol–water partition coefficient (Wildman–Crippen LogP) is 0.858. The van der Waals surface area contributed by atoms with E-state index in [-0.39, 0.29) is 0 Å². The molecule has 80 valence electrons. The molecule has 0 saturated carbocycles. The maximum Gasteiger partial charge on any atom is 0.147 e. The van der Waals surface area contributed by atoms with Crippen molar-refractivity contribution >= 4 is 11.3 Å². The van der Waals surface area contributed by atoms with Gasteiger partial charge in [0.25, 0.3) is 0 Å². The van der Waals surface area contributed by atoms with Crippen LogP contribution in [0.25, 0.3) is 0 Å². The first-order valence-electron chi connectivity index (χ1n) is 4.70. The number of aromatic nitrogens is 4. The normalized spacial score (nSPS) is 10.9. The smallest absolute Gasteiger partial charge is 0.147 e. The highest BCUT2D eigenvalue weighted by atomic mass is 32.1. The summed E-state index contributed by atoms with van der Waals surface area (Å²) < 4.78 is 1.85. The summed E-state index contributed by atoms with van der Waals surface area (Å²) in [6.45, 7) is 5.00. The molecular weight excluding hydrogens is 210 g/mol. The van der Waals surface area contributed by atoms with E-state index in [1.807, 2.05) is 23.9 Å². The molecule has 0 atom stereocenters. The Labute approximate surface area is 92.0 Å². The first-order chi connectivity index (χ1) is 7.19. The van der Waals surface area contributed by atoms with Crippen molar-refractivity contribution in [1.82, 2.24) is 19.7 Å². The van der Waals surface area contributed by atoms with Gasteiger partial charge < -0.3 is 5.73 Å². The van der Waals surface area contributed by atoms with Crippen molar-refractivity contribution in [2.24, 2.45) is 5.73 Å². The molecule has 0 bridgehead atoms. The van der Waals surface area contributed by atoms with E-state index in [0.717, 1.165) is 22.4 Å². The lowest BCUT2D eigenvalue weighted by atomic mass is 10.5. The molecule has 0 aromatic carbocycles. The predicted molar refractivity (Wildman–Crippen MR) is 58.6 cm³/mol. The van der Waals surface area contributed by atoms with E-state index in [1.54, 1.807) is 11.3 Å². The van der Waals surface area contributed by atoms with E-state index in [4.69, 9.17) is 5.73 Å². The van der Waals surface area contributed by atoms with Gasteiger partial charge in [0.2, 0.25) is 0 Å². The van der Waals surface area contributed by atoms with Crippen molar-refractivity contribution in [3.63, 3.8) is 0 Å². The van der Waals surface area contributed by atoms with Gasteiger partial charge in [0, 0.05) is 11.9 Å².